The van der Waals surface area contributed by atoms with Gasteiger partial charge in [-0.3, -0.25) is 9.48 Å². The molecular weight excluding hydrogens is 361 g/mol. The van der Waals surface area contributed by atoms with Crippen LogP contribution in [0.3, 0.4) is 0 Å². The minimum atomic E-state index is -3.96. The second kappa shape index (κ2) is 5.84. The highest BCUT2D eigenvalue weighted by Crippen LogP contribution is 2.34. The molecule has 0 radical (unpaired) electrons. The third kappa shape index (κ3) is 3.68. The smallest absolute Gasteiger partial charge is 0.261 e. The van der Waals surface area contributed by atoms with Crippen LogP contribution < -0.4 is 5.32 Å². The number of halogens is 3. The molecule has 0 fully saturated rings. The molecule has 1 N–H and O–H groups in total. The molecule has 1 aromatic heterocycles. The average molecular weight is 369 g/mol. The molecule has 21 heavy (non-hydrogen) atoms. The Bertz CT molecular complexity index is 794. The van der Waals surface area contributed by atoms with Crippen LogP contribution >= 0.6 is 33.9 Å². The maximum Gasteiger partial charge on any atom is 0.261 e. The third-order valence-electron chi connectivity index (χ3n) is 2.50. The Hall–Kier alpha value is -1.28. The molecule has 2 rings (SSSR count). The summed E-state index contributed by atoms with van der Waals surface area (Å²) >= 11 is 11.9. The quantitative estimate of drug-likeness (QED) is 0.845. The summed E-state index contributed by atoms with van der Waals surface area (Å²) in [5, 5.41) is 6.27. The van der Waals surface area contributed by atoms with Gasteiger partial charge in [-0.15, -0.1) is 0 Å². The molecule has 1 aromatic carbocycles. The van der Waals surface area contributed by atoms with E-state index in [9.17, 15) is 13.2 Å². The number of aromatic nitrogens is 2. The number of carbonyl (C=O) groups excluding carboxylic acids is 1. The van der Waals surface area contributed by atoms with Crippen LogP contribution in [0.15, 0.2) is 29.4 Å². The molecule has 10 heteroatoms. The lowest BCUT2D eigenvalue weighted by Crippen LogP contribution is -2.12. The van der Waals surface area contributed by atoms with Crippen LogP contribution in [0, 0.1) is 0 Å². The van der Waals surface area contributed by atoms with E-state index in [2.05, 4.69) is 10.4 Å². The second-order valence-electron chi connectivity index (χ2n) is 4.06. The number of benzene rings is 1. The number of nitrogens with one attached hydrogen (secondary N) is 1. The SMILES string of the molecule is Cn1cc(C(=O)Nc2c(Cl)cc(S(=O)(=O)Cl)cc2Cl)cn1. The van der Waals surface area contributed by atoms with Crippen LogP contribution in [0.5, 0.6) is 0 Å². The molecule has 0 aliphatic heterocycles. The van der Waals surface area contributed by atoms with E-state index < -0.39 is 15.0 Å². The first kappa shape index (κ1) is 16.1. The number of nitrogens with zero attached hydrogens (tertiary/aromatic N) is 2. The summed E-state index contributed by atoms with van der Waals surface area (Å²) in [5.74, 6) is -0.478. The predicted octanol–water partition coefficient (Wildman–Crippen LogP) is 2.91. The number of hydrogen-bond acceptors (Lipinski definition) is 4. The zero-order valence-corrected chi connectivity index (χ0v) is 13.6. The van der Waals surface area contributed by atoms with Gasteiger partial charge in [0.1, 0.15) is 0 Å². The Labute approximate surface area is 135 Å². The van der Waals surface area contributed by atoms with Crippen molar-refractivity contribution in [3.63, 3.8) is 0 Å². The molecule has 6 nitrogen and oxygen atoms in total. The standard InChI is InChI=1S/C11H8Cl3N3O3S/c1-17-5-6(4-15-17)11(18)16-10-8(12)2-7(3-9(10)13)21(14,19)20/h2-5H,1H3,(H,16,18). The van der Waals surface area contributed by atoms with Crippen molar-refractivity contribution >= 4 is 54.5 Å². The summed E-state index contributed by atoms with van der Waals surface area (Å²) < 4.78 is 23.9. The number of hydrogen-bond donors (Lipinski definition) is 1. The lowest BCUT2D eigenvalue weighted by atomic mass is 10.3. The summed E-state index contributed by atoms with van der Waals surface area (Å²) in [7, 11) is 2.91. The van der Waals surface area contributed by atoms with Gasteiger partial charge in [0.2, 0.25) is 0 Å². The number of amides is 1. The molecule has 112 valence electrons. The third-order valence-corrected chi connectivity index (χ3v) is 4.43. The monoisotopic (exact) mass is 367 g/mol. The van der Waals surface area contributed by atoms with Gasteiger partial charge >= 0.3 is 0 Å². The molecule has 0 unspecified atom stereocenters. The van der Waals surface area contributed by atoms with Crippen LogP contribution in [0.25, 0.3) is 0 Å². The van der Waals surface area contributed by atoms with Gasteiger partial charge < -0.3 is 5.32 Å². The van der Waals surface area contributed by atoms with E-state index in [1.807, 2.05) is 0 Å². The van der Waals surface area contributed by atoms with Crippen LogP contribution in [0.4, 0.5) is 5.69 Å². The van der Waals surface area contributed by atoms with Crippen LogP contribution in [-0.4, -0.2) is 24.1 Å². The molecule has 0 aliphatic rings. The predicted molar refractivity (Wildman–Crippen MR) is 80.7 cm³/mol. The number of anilines is 1. The molecule has 0 spiro atoms. The second-order valence-corrected chi connectivity index (χ2v) is 7.44. The lowest BCUT2D eigenvalue weighted by molar-refractivity contribution is 0.102. The van der Waals surface area contributed by atoms with E-state index in [0.29, 0.717) is 5.56 Å². The maximum atomic E-state index is 12.0. The highest BCUT2D eigenvalue weighted by atomic mass is 35.7. The van der Waals surface area contributed by atoms with Gasteiger partial charge in [0.15, 0.2) is 0 Å². The molecule has 2 aromatic rings. The van der Waals surface area contributed by atoms with Crippen molar-refractivity contribution in [3.05, 3.63) is 40.1 Å². The summed E-state index contributed by atoms with van der Waals surface area (Å²) in [4.78, 5) is 11.7. The minimum Gasteiger partial charge on any atom is -0.319 e. The highest BCUT2D eigenvalue weighted by Gasteiger charge is 2.18. The van der Waals surface area contributed by atoms with Gasteiger partial charge in [0.25, 0.3) is 15.0 Å². The van der Waals surface area contributed by atoms with Crippen molar-refractivity contribution in [2.75, 3.05) is 5.32 Å². The van der Waals surface area contributed by atoms with Gasteiger partial charge in [0.05, 0.1) is 32.4 Å². The molecule has 0 saturated carbocycles. The van der Waals surface area contributed by atoms with Crippen molar-refractivity contribution in [2.24, 2.45) is 7.05 Å². The number of rotatable bonds is 3. The molecule has 1 amide bonds. The molecule has 0 bridgehead atoms. The fourth-order valence-electron chi connectivity index (χ4n) is 1.53. The Morgan fingerprint density at radius 2 is 1.86 bits per heavy atom. The fourth-order valence-corrected chi connectivity index (χ4v) is 3.03. The van der Waals surface area contributed by atoms with E-state index >= 15 is 0 Å². The van der Waals surface area contributed by atoms with E-state index in [-0.39, 0.29) is 20.6 Å². The Kier molecular flexibility index (Phi) is 4.48. The Morgan fingerprint density at radius 3 is 2.29 bits per heavy atom. The normalized spacial score (nSPS) is 11.4. The van der Waals surface area contributed by atoms with Crippen LogP contribution in [0.2, 0.25) is 10.0 Å². The molecule has 0 aliphatic carbocycles. The topological polar surface area (TPSA) is 81.1 Å². The first-order valence-electron chi connectivity index (χ1n) is 5.42. The molecule has 0 atom stereocenters. The highest BCUT2D eigenvalue weighted by molar-refractivity contribution is 8.13. The zero-order chi connectivity index (χ0) is 15.8. The van der Waals surface area contributed by atoms with E-state index in [1.54, 1.807) is 7.05 Å². The first-order valence-corrected chi connectivity index (χ1v) is 8.48. The first-order chi connectivity index (χ1) is 9.68. The van der Waals surface area contributed by atoms with Crippen molar-refractivity contribution in [1.29, 1.82) is 0 Å². The minimum absolute atomic E-state index is 0.0426. The molecule has 1 heterocycles. The van der Waals surface area contributed by atoms with Gasteiger partial charge in [-0.25, -0.2) is 8.42 Å². The Balaban J connectivity index is 2.35. The van der Waals surface area contributed by atoms with Crippen molar-refractivity contribution in [2.45, 2.75) is 4.90 Å². The van der Waals surface area contributed by atoms with Gasteiger partial charge in [-0.05, 0) is 12.1 Å². The van der Waals surface area contributed by atoms with Gasteiger partial charge in [-0.2, -0.15) is 5.10 Å². The Morgan fingerprint density at radius 1 is 1.29 bits per heavy atom. The summed E-state index contributed by atoms with van der Waals surface area (Å²) in [6.45, 7) is 0. The number of carbonyl (C=O) groups is 1. The van der Waals surface area contributed by atoms with E-state index in [4.69, 9.17) is 33.9 Å². The van der Waals surface area contributed by atoms with Crippen molar-refractivity contribution in [1.82, 2.24) is 9.78 Å². The molecular formula is C11H8Cl3N3O3S. The van der Waals surface area contributed by atoms with Crippen molar-refractivity contribution < 1.29 is 13.2 Å². The summed E-state index contributed by atoms with van der Waals surface area (Å²) in [6, 6.07) is 2.21. The zero-order valence-electron chi connectivity index (χ0n) is 10.5. The lowest BCUT2D eigenvalue weighted by Gasteiger charge is -2.09. The molecule has 0 saturated heterocycles. The van der Waals surface area contributed by atoms with Gasteiger partial charge in [-0.1, -0.05) is 23.2 Å². The summed E-state index contributed by atoms with van der Waals surface area (Å²) in [5.41, 5.74) is 0.398. The summed E-state index contributed by atoms with van der Waals surface area (Å²) in [6.07, 6.45) is 2.88. The average Bonchev–Trinajstić information content (AvgIpc) is 2.79. The van der Waals surface area contributed by atoms with E-state index in [0.717, 1.165) is 12.1 Å². The van der Waals surface area contributed by atoms with E-state index in [1.165, 1.54) is 17.1 Å². The van der Waals surface area contributed by atoms with Crippen molar-refractivity contribution in [3.8, 4) is 0 Å². The largest absolute Gasteiger partial charge is 0.319 e. The maximum absolute atomic E-state index is 12.0. The van der Waals surface area contributed by atoms with Crippen LogP contribution in [-0.2, 0) is 16.1 Å². The van der Waals surface area contributed by atoms with Gasteiger partial charge in [0, 0.05) is 23.9 Å². The van der Waals surface area contributed by atoms with Crippen LogP contribution in [0.1, 0.15) is 10.4 Å². The fraction of sp³-hybridized carbons (Fsp3) is 0.0909. The number of aryl methyl sites for hydroxylation is 1.